The molecule has 0 aromatic carbocycles. The number of nitrogens with two attached hydrogens (primary N) is 1. The van der Waals surface area contributed by atoms with Gasteiger partial charge >= 0.3 is 0 Å². The molecule has 100 valence electrons. The van der Waals surface area contributed by atoms with Gasteiger partial charge in [0, 0.05) is 32.3 Å². The normalized spacial score (nSPS) is 32.2. The Balaban J connectivity index is 1.71. The van der Waals surface area contributed by atoms with Crippen molar-refractivity contribution >= 4 is 0 Å². The van der Waals surface area contributed by atoms with Crippen LogP contribution in [0.4, 0.5) is 0 Å². The third-order valence-electron chi connectivity index (χ3n) is 4.00. The van der Waals surface area contributed by atoms with E-state index >= 15 is 0 Å². The summed E-state index contributed by atoms with van der Waals surface area (Å²) in [4.78, 5) is 0. The second kappa shape index (κ2) is 4.99. The van der Waals surface area contributed by atoms with E-state index in [0.717, 1.165) is 45.5 Å². The molecule has 3 heterocycles. The van der Waals surface area contributed by atoms with Crippen molar-refractivity contribution in [2.45, 2.75) is 37.3 Å². The lowest BCUT2D eigenvalue weighted by Gasteiger charge is -2.37. The average molecular weight is 251 g/mol. The molecule has 1 aromatic rings. The third-order valence-corrected chi connectivity index (χ3v) is 4.00. The van der Waals surface area contributed by atoms with Crippen LogP contribution in [0.3, 0.4) is 0 Å². The van der Waals surface area contributed by atoms with Crippen LogP contribution in [0.25, 0.3) is 0 Å². The van der Waals surface area contributed by atoms with E-state index in [9.17, 15) is 0 Å². The Morgan fingerprint density at radius 2 is 2.44 bits per heavy atom. The SMILES string of the molecule is NCCc1cnn(C2CCOC3(CCOC3)C2)c1. The van der Waals surface area contributed by atoms with E-state index in [1.807, 2.05) is 6.20 Å². The molecule has 0 radical (unpaired) electrons. The highest BCUT2D eigenvalue weighted by molar-refractivity contribution is 5.05. The lowest BCUT2D eigenvalue weighted by molar-refractivity contribution is -0.0962. The maximum atomic E-state index is 5.95. The monoisotopic (exact) mass is 251 g/mol. The number of rotatable bonds is 3. The van der Waals surface area contributed by atoms with Crippen LogP contribution in [-0.4, -0.2) is 41.7 Å². The highest BCUT2D eigenvalue weighted by Crippen LogP contribution is 2.37. The molecular formula is C13H21N3O2. The third kappa shape index (κ3) is 2.30. The van der Waals surface area contributed by atoms with Gasteiger partial charge < -0.3 is 15.2 Å². The number of nitrogens with zero attached hydrogens (tertiary/aromatic N) is 2. The summed E-state index contributed by atoms with van der Waals surface area (Å²) in [5.74, 6) is 0. The van der Waals surface area contributed by atoms with Crippen molar-refractivity contribution in [3.63, 3.8) is 0 Å². The number of aromatic nitrogens is 2. The lowest BCUT2D eigenvalue weighted by atomic mass is 9.90. The van der Waals surface area contributed by atoms with Gasteiger partial charge in [0.1, 0.15) is 0 Å². The van der Waals surface area contributed by atoms with Crippen LogP contribution in [-0.2, 0) is 15.9 Å². The fourth-order valence-electron chi connectivity index (χ4n) is 2.96. The van der Waals surface area contributed by atoms with Crippen LogP contribution in [0, 0.1) is 0 Å². The lowest BCUT2D eigenvalue weighted by Crippen LogP contribution is -2.41. The molecule has 2 saturated heterocycles. The molecular weight excluding hydrogens is 230 g/mol. The van der Waals surface area contributed by atoms with Gasteiger partial charge in [-0.15, -0.1) is 0 Å². The van der Waals surface area contributed by atoms with Gasteiger partial charge in [0.2, 0.25) is 0 Å². The second-order valence-corrected chi connectivity index (χ2v) is 5.35. The first-order valence-electron chi connectivity index (χ1n) is 6.76. The molecule has 0 aliphatic carbocycles. The fourth-order valence-corrected chi connectivity index (χ4v) is 2.96. The molecule has 5 nitrogen and oxygen atoms in total. The molecule has 18 heavy (non-hydrogen) atoms. The molecule has 0 saturated carbocycles. The summed E-state index contributed by atoms with van der Waals surface area (Å²) < 4.78 is 13.5. The highest BCUT2D eigenvalue weighted by atomic mass is 16.6. The smallest absolute Gasteiger partial charge is 0.0957 e. The first kappa shape index (κ1) is 12.1. The summed E-state index contributed by atoms with van der Waals surface area (Å²) in [5.41, 5.74) is 6.74. The molecule has 3 rings (SSSR count). The topological polar surface area (TPSA) is 62.3 Å². The van der Waals surface area contributed by atoms with E-state index in [4.69, 9.17) is 15.2 Å². The summed E-state index contributed by atoms with van der Waals surface area (Å²) in [6.45, 7) is 3.04. The summed E-state index contributed by atoms with van der Waals surface area (Å²) >= 11 is 0. The van der Waals surface area contributed by atoms with Gasteiger partial charge in [-0.2, -0.15) is 5.10 Å². The molecule has 0 amide bonds. The molecule has 5 heteroatoms. The molecule has 2 atom stereocenters. The van der Waals surface area contributed by atoms with Gasteiger partial charge in [-0.3, -0.25) is 4.68 Å². The standard InChI is InChI=1S/C13H21N3O2/c14-4-1-11-8-15-16(9-11)12-2-5-18-13(7-12)3-6-17-10-13/h8-9,12H,1-7,10,14H2. The van der Waals surface area contributed by atoms with Crippen molar-refractivity contribution in [3.05, 3.63) is 18.0 Å². The van der Waals surface area contributed by atoms with E-state index in [-0.39, 0.29) is 5.60 Å². The largest absolute Gasteiger partial charge is 0.378 e. The quantitative estimate of drug-likeness (QED) is 0.867. The molecule has 2 fully saturated rings. The van der Waals surface area contributed by atoms with Crippen LogP contribution in [0.1, 0.15) is 30.9 Å². The Bertz CT molecular complexity index is 399. The number of ether oxygens (including phenoxy) is 2. The molecule has 2 aliphatic heterocycles. The second-order valence-electron chi connectivity index (χ2n) is 5.35. The predicted molar refractivity (Wildman–Crippen MR) is 67.4 cm³/mol. The van der Waals surface area contributed by atoms with Crippen LogP contribution < -0.4 is 5.73 Å². The zero-order valence-corrected chi connectivity index (χ0v) is 10.7. The predicted octanol–water partition coefficient (Wildman–Crippen LogP) is 0.895. The minimum Gasteiger partial charge on any atom is -0.378 e. The summed E-state index contributed by atoms with van der Waals surface area (Å²) in [6.07, 6.45) is 8.02. The molecule has 0 bridgehead atoms. The Labute approximate surface area is 107 Å². The zero-order chi connectivity index (χ0) is 12.4. The summed E-state index contributed by atoms with van der Waals surface area (Å²) in [6, 6.07) is 0.437. The maximum absolute atomic E-state index is 5.95. The Morgan fingerprint density at radius 1 is 1.50 bits per heavy atom. The zero-order valence-electron chi connectivity index (χ0n) is 10.7. The van der Waals surface area contributed by atoms with Crippen molar-refractivity contribution in [1.29, 1.82) is 0 Å². The van der Waals surface area contributed by atoms with Gasteiger partial charge in [-0.05, 0) is 24.9 Å². The Morgan fingerprint density at radius 3 is 3.22 bits per heavy atom. The molecule has 2 unspecified atom stereocenters. The number of hydrogen-bond donors (Lipinski definition) is 1. The van der Waals surface area contributed by atoms with Gasteiger partial charge in [0.25, 0.3) is 0 Å². The van der Waals surface area contributed by atoms with Crippen molar-refractivity contribution < 1.29 is 9.47 Å². The summed E-state index contributed by atoms with van der Waals surface area (Å²) in [7, 11) is 0. The van der Waals surface area contributed by atoms with E-state index < -0.39 is 0 Å². The van der Waals surface area contributed by atoms with E-state index in [1.54, 1.807) is 0 Å². The van der Waals surface area contributed by atoms with Crippen molar-refractivity contribution in [3.8, 4) is 0 Å². The van der Waals surface area contributed by atoms with Gasteiger partial charge in [-0.25, -0.2) is 0 Å². The Hall–Kier alpha value is -0.910. The van der Waals surface area contributed by atoms with Gasteiger partial charge in [0.05, 0.1) is 24.4 Å². The minimum atomic E-state index is -0.0527. The Kier molecular flexibility index (Phi) is 3.37. The van der Waals surface area contributed by atoms with E-state index in [2.05, 4.69) is 16.0 Å². The van der Waals surface area contributed by atoms with Crippen LogP contribution >= 0.6 is 0 Å². The van der Waals surface area contributed by atoms with Crippen LogP contribution in [0.5, 0.6) is 0 Å². The molecule has 2 aliphatic rings. The molecule has 2 N–H and O–H groups in total. The average Bonchev–Trinajstić information content (AvgIpc) is 3.00. The van der Waals surface area contributed by atoms with E-state index in [1.165, 1.54) is 5.56 Å². The first-order chi connectivity index (χ1) is 8.81. The highest BCUT2D eigenvalue weighted by Gasteiger charge is 2.41. The van der Waals surface area contributed by atoms with Crippen LogP contribution in [0.15, 0.2) is 12.4 Å². The van der Waals surface area contributed by atoms with Gasteiger partial charge in [-0.1, -0.05) is 0 Å². The summed E-state index contributed by atoms with van der Waals surface area (Å²) in [5, 5.41) is 4.48. The van der Waals surface area contributed by atoms with Gasteiger partial charge in [0.15, 0.2) is 0 Å². The number of hydrogen-bond acceptors (Lipinski definition) is 4. The fraction of sp³-hybridized carbons (Fsp3) is 0.769. The maximum Gasteiger partial charge on any atom is 0.0957 e. The van der Waals surface area contributed by atoms with E-state index in [0.29, 0.717) is 12.6 Å². The van der Waals surface area contributed by atoms with Crippen molar-refractivity contribution in [2.24, 2.45) is 5.73 Å². The molecule has 1 spiro atoms. The minimum absolute atomic E-state index is 0.0527. The van der Waals surface area contributed by atoms with Crippen molar-refractivity contribution in [2.75, 3.05) is 26.4 Å². The first-order valence-corrected chi connectivity index (χ1v) is 6.76. The van der Waals surface area contributed by atoms with Crippen molar-refractivity contribution in [1.82, 2.24) is 9.78 Å². The molecule has 1 aromatic heterocycles. The van der Waals surface area contributed by atoms with Crippen LogP contribution in [0.2, 0.25) is 0 Å².